The Morgan fingerprint density at radius 2 is 0.961 bits per heavy atom. The van der Waals surface area contributed by atoms with Crippen LogP contribution in [0.5, 0.6) is 0 Å². The number of rotatable bonds is 20. The molecule has 0 aromatic heterocycles. The van der Waals surface area contributed by atoms with Crippen LogP contribution >= 0.6 is 0 Å². The molecule has 3 saturated carbocycles. The first-order valence-corrected chi connectivity index (χ1v) is 41.6. The normalized spacial score (nSPS) is 22.4. The van der Waals surface area contributed by atoms with Crippen LogP contribution in [0, 0.1) is 129 Å². The first-order valence-electron chi connectivity index (χ1n) is 41.6. The molecule has 9 N–H and O–H groups in total. The first kappa shape index (κ1) is 110. The second-order valence-corrected chi connectivity index (χ2v) is 38.8. The minimum atomic E-state index is -0.495. The fourth-order valence-electron chi connectivity index (χ4n) is 11.3. The molecule has 5 saturated heterocycles. The van der Waals surface area contributed by atoms with Gasteiger partial charge in [-0.15, -0.1) is 0 Å². The van der Waals surface area contributed by atoms with Gasteiger partial charge in [-0.2, -0.15) is 0 Å². The summed E-state index contributed by atoms with van der Waals surface area (Å²) in [7, 11) is 0. The first-order chi connectivity index (χ1) is 46.7. The minimum Gasteiger partial charge on any atom is -0.396 e. The van der Waals surface area contributed by atoms with E-state index in [1.807, 2.05) is 27.7 Å². The van der Waals surface area contributed by atoms with Crippen LogP contribution in [-0.4, -0.2) is 162 Å². The lowest BCUT2D eigenvalue weighted by atomic mass is 9.75. The lowest BCUT2D eigenvalue weighted by Crippen LogP contribution is -2.31. The van der Waals surface area contributed by atoms with E-state index in [0.717, 1.165) is 171 Å². The highest BCUT2D eigenvalue weighted by molar-refractivity contribution is 4.95. The van der Waals surface area contributed by atoms with Crippen LogP contribution in [0.4, 0.5) is 0 Å². The third-order valence-corrected chi connectivity index (χ3v) is 21.4. The summed E-state index contributed by atoms with van der Waals surface area (Å²) in [6.07, 6.45) is 15.9. The monoisotopic (exact) mass is 1470 g/mol. The van der Waals surface area contributed by atoms with Gasteiger partial charge in [0.15, 0.2) is 6.29 Å². The average molecular weight is 1470 g/mol. The van der Waals surface area contributed by atoms with Crippen molar-refractivity contribution in [1.82, 2.24) is 0 Å². The molecule has 14 nitrogen and oxygen atoms in total. The van der Waals surface area contributed by atoms with Crippen molar-refractivity contribution < 1.29 is 69.6 Å². The van der Waals surface area contributed by atoms with Crippen LogP contribution in [-0.2, 0) is 23.7 Å². The maximum atomic E-state index is 9.30. The zero-order chi connectivity index (χ0) is 80.5. The van der Waals surface area contributed by atoms with Crippen LogP contribution in [0.1, 0.15) is 325 Å². The van der Waals surface area contributed by atoms with E-state index in [9.17, 15) is 10.2 Å². The van der Waals surface area contributed by atoms with E-state index in [-0.39, 0.29) is 29.8 Å². The number of hydrogen-bond acceptors (Lipinski definition) is 14. The van der Waals surface area contributed by atoms with Gasteiger partial charge in [-0.1, -0.05) is 208 Å². The Morgan fingerprint density at radius 3 is 1.06 bits per heavy atom. The quantitative estimate of drug-likeness (QED) is 0.0553. The second kappa shape index (κ2) is 60.2. The molecule has 0 bridgehead atoms. The predicted molar refractivity (Wildman–Crippen MR) is 436 cm³/mol. The average Bonchev–Trinajstić information content (AvgIpc) is 1.65. The Hall–Kier alpha value is -0.560. The Morgan fingerprint density at radius 1 is 0.490 bits per heavy atom. The van der Waals surface area contributed by atoms with Crippen molar-refractivity contribution in [3.8, 4) is 0 Å². The summed E-state index contributed by atoms with van der Waals surface area (Å²) in [5, 5.41) is 79.5. The molecule has 0 radical (unpaired) electrons. The highest BCUT2D eigenvalue weighted by Gasteiger charge is 2.44. The maximum Gasteiger partial charge on any atom is 0.157 e. The minimum absolute atomic E-state index is 0.0300. The predicted octanol–water partition coefficient (Wildman–Crippen LogP) is 19.7. The molecule has 0 spiro atoms. The van der Waals surface area contributed by atoms with Gasteiger partial charge in [0.1, 0.15) is 0 Å². The third-order valence-electron chi connectivity index (χ3n) is 21.4. The molecule has 3 aliphatic carbocycles. The standard InChI is InChI=1S/C9H18O.C7H14O2.5C7H14O.2C7H16O.C6H12O.2C6H14O.C5H12O/c1-9(2,3)8-4-6-10-7-5-8;1-5(2)6-3-4-9-7(6)8;1-6(2)3-7-4-8-5-7;1-5(2)6-3-7(8)4-6;1-6(2)7-3-4-8-5-7;1-6(2)7(5-8)3-4-7;1-6(2)5-7(8)3-4-7;1-6(2)7(3,4)5-8;1-6(2)5-7(3,4)8;1-5(2)6-3-7-4-6;1-5(2)6(3)4-7;1-5(2)4-6(3)7;1-5(2)3-4-6/h8H,4-7H2,1-3H3;5-8H,3-4H2,1-2H3;6-7H,3-5H2,1-2H3;5-8H,3-4H2,1-2H3;6-7H,3-5H2,1-2H3;2*6,8H,3-5H2,1-2H3;2*6,8H,5H2,1-4H3;5-6H,3-4H2,1-2H3;2*5-7H,4H2,1-3H3;5-6H,3-4H2,1-2H3. The molecule has 8 fully saturated rings. The topological polar surface area (TPSA) is 228 Å². The van der Waals surface area contributed by atoms with Crippen molar-refractivity contribution in [2.75, 3.05) is 85.9 Å². The third kappa shape index (κ3) is 65.3. The molecular weight excluding hydrogens is 1280 g/mol. The van der Waals surface area contributed by atoms with Crippen molar-refractivity contribution in [2.24, 2.45) is 129 Å². The molecule has 0 aromatic rings. The summed E-state index contributed by atoms with van der Waals surface area (Å²) in [6.45, 7) is 80.6. The Labute approximate surface area is 635 Å². The molecule has 0 amide bonds. The van der Waals surface area contributed by atoms with Gasteiger partial charge < -0.3 is 69.6 Å². The highest BCUT2D eigenvalue weighted by Crippen LogP contribution is 2.51. The zero-order valence-electron chi connectivity index (χ0n) is 74.1. The van der Waals surface area contributed by atoms with E-state index in [2.05, 4.69) is 201 Å². The van der Waals surface area contributed by atoms with Crippen LogP contribution in [0.2, 0.25) is 0 Å². The second-order valence-electron chi connectivity index (χ2n) is 38.8. The molecule has 5 unspecified atom stereocenters. The van der Waals surface area contributed by atoms with Gasteiger partial charge in [-0.05, 0) is 228 Å². The number of aliphatic hydroxyl groups excluding tert-OH is 7. The van der Waals surface area contributed by atoms with E-state index in [4.69, 9.17) is 59.4 Å². The van der Waals surface area contributed by atoms with Crippen LogP contribution in [0.25, 0.3) is 0 Å². The molecule has 5 heterocycles. The van der Waals surface area contributed by atoms with Crippen LogP contribution in [0.3, 0.4) is 0 Å². The van der Waals surface area contributed by atoms with Gasteiger partial charge in [-0.25, -0.2) is 0 Å². The Kier molecular flexibility index (Phi) is 64.9. The zero-order valence-corrected chi connectivity index (χ0v) is 74.1. The Balaban J connectivity index is -0.000000334. The van der Waals surface area contributed by atoms with E-state index < -0.39 is 11.9 Å². The molecular formula is C88H186O14. The van der Waals surface area contributed by atoms with Gasteiger partial charge in [0, 0.05) is 70.6 Å². The van der Waals surface area contributed by atoms with Gasteiger partial charge in [-0.3, -0.25) is 0 Å². The molecule has 5 atom stereocenters. The lowest BCUT2D eigenvalue weighted by Gasteiger charge is -2.34. The SMILES string of the molecule is CC(C)(C)C1CCOCC1.CC(C)C(C)(C)CO.CC(C)C(C)CO.CC(C)C1(CO)CC1.CC(C)C1CC(O)C1.CC(C)C1CCOC1.CC(C)C1CCOC1O.CC(C)C1COC1.CC(C)CC(C)(C)O.CC(C)CC(C)O.CC(C)CC1(O)CC1.CC(C)CC1COC1.CC(C)CCO. The summed E-state index contributed by atoms with van der Waals surface area (Å²) in [6, 6.07) is 0. The maximum absolute atomic E-state index is 9.30. The van der Waals surface area contributed by atoms with Crippen molar-refractivity contribution in [3.63, 3.8) is 0 Å². The summed E-state index contributed by atoms with van der Waals surface area (Å²) >= 11 is 0. The van der Waals surface area contributed by atoms with Gasteiger partial charge >= 0.3 is 0 Å². The summed E-state index contributed by atoms with van der Waals surface area (Å²) in [5.74, 6) is 13.3. The molecule has 102 heavy (non-hydrogen) atoms. The van der Waals surface area contributed by atoms with Crippen molar-refractivity contribution >= 4 is 0 Å². The van der Waals surface area contributed by atoms with Crippen molar-refractivity contribution in [3.05, 3.63) is 0 Å². The largest absolute Gasteiger partial charge is 0.396 e. The van der Waals surface area contributed by atoms with Crippen molar-refractivity contribution in [1.29, 1.82) is 0 Å². The van der Waals surface area contributed by atoms with Crippen molar-refractivity contribution in [2.45, 2.75) is 354 Å². The van der Waals surface area contributed by atoms with E-state index in [1.54, 1.807) is 0 Å². The number of aliphatic hydroxyl groups is 9. The molecule has 8 rings (SSSR count). The molecule has 8 aliphatic rings. The highest BCUT2D eigenvalue weighted by atomic mass is 16.6. The molecule has 622 valence electrons. The molecule has 5 aliphatic heterocycles. The fraction of sp³-hybridized carbons (Fsp3) is 1.00. The van der Waals surface area contributed by atoms with Gasteiger partial charge in [0.05, 0.1) is 56.4 Å². The smallest absolute Gasteiger partial charge is 0.157 e. The van der Waals surface area contributed by atoms with E-state index in [0.29, 0.717) is 89.8 Å². The van der Waals surface area contributed by atoms with E-state index in [1.165, 1.54) is 38.5 Å². The summed E-state index contributed by atoms with van der Waals surface area (Å²) in [4.78, 5) is 0. The lowest BCUT2D eigenvalue weighted by molar-refractivity contribution is -0.0901. The van der Waals surface area contributed by atoms with Crippen LogP contribution in [0.15, 0.2) is 0 Å². The van der Waals surface area contributed by atoms with Gasteiger partial charge in [0.25, 0.3) is 0 Å². The summed E-state index contributed by atoms with van der Waals surface area (Å²) < 4.78 is 25.5. The molecule has 0 aromatic carbocycles. The van der Waals surface area contributed by atoms with E-state index >= 15 is 0 Å². The number of hydrogen-bond donors (Lipinski definition) is 9. The van der Waals surface area contributed by atoms with Crippen LogP contribution < -0.4 is 0 Å². The Bertz CT molecular complexity index is 1740. The van der Waals surface area contributed by atoms with Gasteiger partial charge in [0.2, 0.25) is 0 Å². The fourth-order valence-corrected chi connectivity index (χ4v) is 11.3. The number of ether oxygens (including phenoxy) is 5. The molecule has 14 heteroatoms. The summed E-state index contributed by atoms with van der Waals surface area (Å²) in [5.41, 5.74) is 0.228.